The van der Waals surface area contributed by atoms with Gasteiger partial charge in [0.15, 0.2) is 16.6 Å². The minimum Gasteiger partial charge on any atom is -0.355 e. The van der Waals surface area contributed by atoms with Gasteiger partial charge in [0.05, 0.1) is 11.3 Å². The van der Waals surface area contributed by atoms with Crippen LogP contribution in [0, 0.1) is 23.1 Å². The van der Waals surface area contributed by atoms with Crippen molar-refractivity contribution in [3.8, 4) is 6.07 Å². The van der Waals surface area contributed by atoms with E-state index in [-0.39, 0.29) is 40.1 Å². The van der Waals surface area contributed by atoms with Gasteiger partial charge in [-0.2, -0.15) is 5.26 Å². The zero-order valence-electron chi connectivity index (χ0n) is 14.5. The first-order chi connectivity index (χ1) is 13.9. The number of hydroxylamine groups is 1. The molecule has 29 heavy (non-hydrogen) atoms. The molecule has 1 saturated carbocycles. The molecule has 2 aromatic rings. The number of aromatic nitrogens is 2. The highest BCUT2D eigenvalue weighted by molar-refractivity contribution is 7.99. The van der Waals surface area contributed by atoms with Crippen molar-refractivity contribution >= 4 is 29.2 Å². The molecule has 1 aliphatic carbocycles. The molecule has 1 fully saturated rings. The predicted octanol–water partition coefficient (Wildman–Crippen LogP) is 2.00. The number of hydrogen-bond donors (Lipinski definition) is 3. The van der Waals surface area contributed by atoms with Gasteiger partial charge in [-0.3, -0.25) is 15.5 Å². The van der Waals surface area contributed by atoms with Crippen LogP contribution in [0.1, 0.15) is 17.7 Å². The van der Waals surface area contributed by atoms with Crippen molar-refractivity contribution in [2.45, 2.75) is 17.4 Å². The van der Waals surface area contributed by atoms with Crippen molar-refractivity contribution in [1.29, 1.82) is 5.26 Å². The van der Waals surface area contributed by atoms with E-state index in [0.717, 1.165) is 17.8 Å². The second-order valence-electron chi connectivity index (χ2n) is 5.92. The first-order valence-electron chi connectivity index (χ1n) is 8.15. The number of carbonyl (C=O) groups is 1. The number of amidine groups is 1. The summed E-state index contributed by atoms with van der Waals surface area (Å²) in [4.78, 5) is 15.6. The molecule has 0 unspecified atom stereocenters. The van der Waals surface area contributed by atoms with Crippen LogP contribution in [0.2, 0.25) is 0 Å². The molecular weight excluding hydrogens is 413 g/mol. The van der Waals surface area contributed by atoms with Crippen LogP contribution in [0.25, 0.3) is 0 Å². The van der Waals surface area contributed by atoms with Crippen molar-refractivity contribution < 1.29 is 27.8 Å². The van der Waals surface area contributed by atoms with Gasteiger partial charge < -0.3 is 5.32 Å². The molecule has 1 atom stereocenters. The highest BCUT2D eigenvalue weighted by Crippen LogP contribution is 2.48. The molecular formula is C16H13F3N6O3S. The zero-order valence-corrected chi connectivity index (χ0v) is 15.3. The van der Waals surface area contributed by atoms with Crippen LogP contribution in [0.4, 0.5) is 18.9 Å². The lowest BCUT2D eigenvalue weighted by Gasteiger charge is -2.05. The summed E-state index contributed by atoms with van der Waals surface area (Å²) in [5.74, 6) is -5.54. The van der Waals surface area contributed by atoms with Crippen molar-refractivity contribution in [3.63, 3.8) is 0 Å². The number of hydrogen-bond acceptors (Lipinski definition) is 8. The molecule has 1 aliphatic rings. The van der Waals surface area contributed by atoms with Crippen LogP contribution < -0.4 is 10.8 Å². The van der Waals surface area contributed by atoms with E-state index in [1.807, 2.05) is 5.48 Å². The number of thioether (sulfide) groups is 1. The quantitative estimate of drug-likeness (QED) is 0.201. The minimum atomic E-state index is -2.93. The molecule has 1 aromatic carbocycles. The maximum Gasteiger partial charge on any atom is 0.260 e. The second-order valence-corrected chi connectivity index (χ2v) is 7.01. The Morgan fingerprint density at radius 1 is 1.48 bits per heavy atom. The van der Waals surface area contributed by atoms with E-state index in [1.165, 1.54) is 12.1 Å². The number of benzene rings is 1. The molecule has 9 nitrogen and oxygen atoms in total. The Labute approximate surface area is 165 Å². The number of nitrogens with one attached hydrogen (secondary N) is 2. The number of aliphatic imine (C=N–C) groups is 1. The summed E-state index contributed by atoms with van der Waals surface area (Å²) in [6.45, 7) is 0.102. The van der Waals surface area contributed by atoms with Crippen LogP contribution in [-0.4, -0.2) is 45.5 Å². The van der Waals surface area contributed by atoms with Gasteiger partial charge >= 0.3 is 0 Å². The number of rotatable bonds is 7. The number of alkyl halides is 2. The Morgan fingerprint density at radius 3 is 2.90 bits per heavy atom. The number of nitrogens with zero attached hydrogens (tertiary/aromatic N) is 4. The third-order valence-electron chi connectivity index (χ3n) is 3.88. The molecule has 0 radical (unpaired) electrons. The van der Waals surface area contributed by atoms with Gasteiger partial charge in [0.2, 0.25) is 5.91 Å². The van der Waals surface area contributed by atoms with Gasteiger partial charge in [0, 0.05) is 18.7 Å². The van der Waals surface area contributed by atoms with Crippen molar-refractivity contribution in [2.24, 2.45) is 10.9 Å². The SMILES string of the molecule is N#Cc1cc(N=C(NO)c2nonc2SCCNC(=O)[C@@H]2CC2(F)F)ccc1F. The normalized spacial score (nSPS) is 17.5. The second kappa shape index (κ2) is 8.50. The largest absolute Gasteiger partial charge is 0.355 e. The molecule has 13 heteroatoms. The number of halogens is 3. The fourth-order valence-electron chi connectivity index (χ4n) is 2.29. The summed E-state index contributed by atoms with van der Waals surface area (Å²) in [6.07, 6.45) is -0.442. The molecule has 3 rings (SSSR count). The van der Waals surface area contributed by atoms with E-state index in [9.17, 15) is 23.2 Å². The first-order valence-corrected chi connectivity index (χ1v) is 9.14. The maximum atomic E-state index is 13.4. The molecule has 1 amide bonds. The van der Waals surface area contributed by atoms with E-state index in [0.29, 0.717) is 0 Å². The molecule has 0 bridgehead atoms. The summed E-state index contributed by atoms with van der Waals surface area (Å²) in [5, 5.41) is 28.1. The van der Waals surface area contributed by atoms with Crippen LogP contribution >= 0.6 is 11.8 Å². The minimum absolute atomic E-state index is 0.0281. The summed E-state index contributed by atoms with van der Waals surface area (Å²) in [5.41, 5.74) is 1.79. The van der Waals surface area contributed by atoms with Gasteiger partial charge in [-0.15, -0.1) is 0 Å². The zero-order chi connectivity index (χ0) is 21.0. The predicted molar refractivity (Wildman–Crippen MR) is 93.3 cm³/mol. The van der Waals surface area contributed by atoms with E-state index in [1.54, 1.807) is 6.07 Å². The standard InChI is InChI=1S/C16H13F3N6O3S/c17-11-2-1-9(5-8(11)7-20)22-13(23-27)12-15(25-28-24-12)29-4-3-21-14(26)10-6-16(10,18)19/h1-2,5,10,27H,3-4,6H2,(H,21,26)(H,22,23)/t10-/m0/s1. The lowest BCUT2D eigenvalue weighted by Crippen LogP contribution is -2.29. The average Bonchev–Trinajstić information content (AvgIpc) is 3.11. The molecule has 152 valence electrons. The van der Waals surface area contributed by atoms with Crippen molar-refractivity contribution in [3.05, 3.63) is 35.3 Å². The van der Waals surface area contributed by atoms with Gasteiger partial charge in [-0.25, -0.2) is 22.8 Å². The monoisotopic (exact) mass is 426 g/mol. The molecule has 0 aliphatic heterocycles. The van der Waals surface area contributed by atoms with Gasteiger partial charge in [-0.05, 0) is 28.5 Å². The van der Waals surface area contributed by atoms with E-state index in [2.05, 4.69) is 25.3 Å². The Bertz CT molecular complexity index is 991. The van der Waals surface area contributed by atoms with E-state index in [4.69, 9.17) is 5.26 Å². The van der Waals surface area contributed by atoms with Crippen LogP contribution in [0.3, 0.4) is 0 Å². The van der Waals surface area contributed by atoms with Gasteiger partial charge in [0.1, 0.15) is 17.8 Å². The highest BCUT2D eigenvalue weighted by atomic mass is 32.2. The molecule has 1 heterocycles. The number of carbonyl (C=O) groups excluding carboxylic acids is 1. The topological polar surface area (TPSA) is 136 Å². The Hall–Kier alpha value is -3.11. The van der Waals surface area contributed by atoms with E-state index >= 15 is 0 Å². The van der Waals surface area contributed by atoms with E-state index < -0.39 is 30.0 Å². The Balaban J connectivity index is 1.63. The maximum absolute atomic E-state index is 13.4. The van der Waals surface area contributed by atoms with Crippen molar-refractivity contribution in [2.75, 3.05) is 12.3 Å². The molecule has 1 aromatic heterocycles. The van der Waals surface area contributed by atoms with Crippen LogP contribution in [-0.2, 0) is 4.79 Å². The fourth-order valence-corrected chi connectivity index (χ4v) is 3.05. The smallest absolute Gasteiger partial charge is 0.260 e. The third-order valence-corrected chi connectivity index (χ3v) is 4.83. The highest BCUT2D eigenvalue weighted by Gasteiger charge is 2.61. The molecule has 0 saturated heterocycles. The summed E-state index contributed by atoms with van der Waals surface area (Å²) in [6, 6.07) is 5.19. The Kier molecular flexibility index (Phi) is 6.04. The number of amides is 1. The summed E-state index contributed by atoms with van der Waals surface area (Å²) >= 11 is 1.08. The summed E-state index contributed by atoms with van der Waals surface area (Å²) < 4.78 is 43.7. The molecule has 0 spiro atoms. The van der Waals surface area contributed by atoms with Gasteiger partial charge in [-0.1, -0.05) is 11.8 Å². The lowest BCUT2D eigenvalue weighted by molar-refractivity contribution is -0.124. The molecule has 3 N–H and O–H groups in total. The van der Waals surface area contributed by atoms with Gasteiger partial charge in [0.25, 0.3) is 5.92 Å². The Morgan fingerprint density at radius 2 is 2.24 bits per heavy atom. The summed E-state index contributed by atoms with van der Waals surface area (Å²) in [7, 11) is 0. The number of nitriles is 1. The third kappa shape index (κ3) is 4.84. The van der Waals surface area contributed by atoms with Crippen molar-refractivity contribution in [1.82, 2.24) is 21.1 Å². The first kappa shape index (κ1) is 20.6. The van der Waals surface area contributed by atoms with Crippen LogP contribution in [0.15, 0.2) is 32.8 Å². The lowest BCUT2D eigenvalue weighted by atomic mass is 10.2. The fraction of sp³-hybridized carbons (Fsp3) is 0.312. The average molecular weight is 426 g/mol. The van der Waals surface area contributed by atoms with Crippen LogP contribution in [0.5, 0.6) is 0 Å².